The van der Waals surface area contributed by atoms with Gasteiger partial charge in [0, 0.05) is 18.9 Å². The zero-order chi connectivity index (χ0) is 14.5. The van der Waals surface area contributed by atoms with Gasteiger partial charge in [-0.25, -0.2) is 0 Å². The van der Waals surface area contributed by atoms with Crippen LogP contribution in [0.2, 0.25) is 0 Å². The van der Waals surface area contributed by atoms with Crippen molar-refractivity contribution in [2.24, 2.45) is 5.92 Å². The molecule has 0 radical (unpaired) electrons. The second-order valence-electron chi connectivity index (χ2n) is 5.79. The average molecular weight is 282 g/mol. The van der Waals surface area contributed by atoms with E-state index < -0.39 is 0 Å². The fourth-order valence-electron chi connectivity index (χ4n) is 3.15. The van der Waals surface area contributed by atoms with Crippen LogP contribution >= 0.6 is 0 Å². The molecule has 0 spiro atoms. The number of aliphatic hydroxyl groups is 1. The van der Waals surface area contributed by atoms with Crippen molar-refractivity contribution in [1.29, 1.82) is 0 Å². The van der Waals surface area contributed by atoms with E-state index in [1.807, 2.05) is 18.5 Å². The van der Waals surface area contributed by atoms with E-state index in [4.69, 9.17) is 0 Å². The molecule has 0 bridgehead atoms. The maximum Gasteiger partial charge on any atom is 0.0580 e. The Labute approximate surface area is 126 Å². The molecule has 0 aliphatic heterocycles. The lowest BCUT2D eigenvalue weighted by molar-refractivity contribution is 0.130. The van der Waals surface area contributed by atoms with Gasteiger partial charge in [-0.2, -0.15) is 0 Å². The molecule has 1 aliphatic carbocycles. The third-order valence-corrected chi connectivity index (χ3v) is 4.38. The molecule has 110 valence electrons. The van der Waals surface area contributed by atoms with E-state index in [1.165, 1.54) is 11.1 Å². The number of pyridine rings is 1. The van der Waals surface area contributed by atoms with Crippen molar-refractivity contribution in [3.05, 3.63) is 66.0 Å². The summed E-state index contributed by atoms with van der Waals surface area (Å²) in [5.41, 5.74) is 2.46. The van der Waals surface area contributed by atoms with Crippen LogP contribution in [0.15, 0.2) is 54.9 Å². The first kappa shape index (κ1) is 14.2. The van der Waals surface area contributed by atoms with Crippen molar-refractivity contribution in [3.63, 3.8) is 0 Å². The lowest BCUT2D eigenvalue weighted by Crippen LogP contribution is -2.31. The van der Waals surface area contributed by atoms with Gasteiger partial charge in [0.15, 0.2) is 0 Å². The van der Waals surface area contributed by atoms with Crippen molar-refractivity contribution in [2.75, 3.05) is 6.54 Å². The molecule has 3 unspecified atom stereocenters. The summed E-state index contributed by atoms with van der Waals surface area (Å²) in [6.45, 7) is 0.850. The predicted octanol–water partition coefficient (Wildman–Crippen LogP) is 2.92. The monoisotopic (exact) mass is 282 g/mol. The van der Waals surface area contributed by atoms with Crippen molar-refractivity contribution >= 4 is 0 Å². The molecule has 0 amide bonds. The van der Waals surface area contributed by atoms with E-state index in [-0.39, 0.29) is 12.1 Å². The average Bonchev–Trinajstić information content (AvgIpc) is 2.95. The minimum Gasteiger partial charge on any atom is -0.393 e. The minimum absolute atomic E-state index is 0.147. The number of hydrogen-bond acceptors (Lipinski definition) is 3. The van der Waals surface area contributed by atoms with Gasteiger partial charge in [0.1, 0.15) is 0 Å². The molecule has 3 heteroatoms. The van der Waals surface area contributed by atoms with Crippen LogP contribution in [-0.4, -0.2) is 22.7 Å². The summed E-state index contributed by atoms with van der Waals surface area (Å²) in [7, 11) is 0. The van der Waals surface area contributed by atoms with Crippen LogP contribution in [0.3, 0.4) is 0 Å². The highest BCUT2D eigenvalue weighted by Gasteiger charge is 2.26. The summed E-state index contributed by atoms with van der Waals surface area (Å²) in [4.78, 5) is 4.10. The number of nitrogens with one attached hydrogen (secondary N) is 1. The van der Waals surface area contributed by atoms with Crippen LogP contribution in [-0.2, 0) is 0 Å². The summed E-state index contributed by atoms with van der Waals surface area (Å²) in [5, 5.41) is 13.6. The topological polar surface area (TPSA) is 45.1 Å². The molecular formula is C18H22N2O. The van der Waals surface area contributed by atoms with E-state index in [0.29, 0.717) is 5.92 Å². The van der Waals surface area contributed by atoms with Gasteiger partial charge in [0.2, 0.25) is 0 Å². The van der Waals surface area contributed by atoms with Gasteiger partial charge in [-0.05, 0) is 42.0 Å². The first-order valence-electron chi connectivity index (χ1n) is 7.71. The second kappa shape index (κ2) is 6.83. The number of benzene rings is 1. The molecule has 1 saturated carbocycles. The molecule has 1 fully saturated rings. The Morgan fingerprint density at radius 2 is 1.76 bits per heavy atom. The van der Waals surface area contributed by atoms with Crippen molar-refractivity contribution < 1.29 is 5.11 Å². The molecule has 0 saturated heterocycles. The summed E-state index contributed by atoms with van der Waals surface area (Å²) in [6.07, 6.45) is 6.71. The molecule has 2 N–H and O–H groups in total. The van der Waals surface area contributed by atoms with Crippen molar-refractivity contribution in [2.45, 2.75) is 31.4 Å². The van der Waals surface area contributed by atoms with Crippen LogP contribution in [0.25, 0.3) is 0 Å². The quantitative estimate of drug-likeness (QED) is 0.886. The van der Waals surface area contributed by atoms with E-state index in [2.05, 4.69) is 46.7 Å². The zero-order valence-electron chi connectivity index (χ0n) is 12.2. The Bertz CT molecular complexity index is 504. The van der Waals surface area contributed by atoms with Crippen molar-refractivity contribution in [3.8, 4) is 0 Å². The zero-order valence-corrected chi connectivity index (χ0v) is 12.2. The molecular weight excluding hydrogens is 260 g/mol. The lowest BCUT2D eigenvalue weighted by atomic mass is 9.98. The highest BCUT2D eigenvalue weighted by molar-refractivity contribution is 5.30. The molecule has 3 atom stereocenters. The van der Waals surface area contributed by atoms with E-state index in [9.17, 15) is 5.11 Å². The van der Waals surface area contributed by atoms with E-state index in [1.54, 1.807) is 0 Å². The largest absolute Gasteiger partial charge is 0.393 e. The van der Waals surface area contributed by atoms with Gasteiger partial charge in [0.25, 0.3) is 0 Å². The Balaban J connectivity index is 1.76. The van der Waals surface area contributed by atoms with Gasteiger partial charge < -0.3 is 10.4 Å². The SMILES string of the molecule is OC1CCCC1CNC(c1ccccc1)c1ccncc1. The van der Waals surface area contributed by atoms with E-state index in [0.717, 1.165) is 25.8 Å². The fraction of sp³-hybridized carbons (Fsp3) is 0.389. The van der Waals surface area contributed by atoms with Crippen LogP contribution in [0.4, 0.5) is 0 Å². The number of hydrogen-bond donors (Lipinski definition) is 2. The number of aromatic nitrogens is 1. The molecule has 1 aromatic heterocycles. The lowest BCUT2D eigenvalue weighted by Gasteiger charge is -2.23. The van der Waals surface area contributed by atoms with Crippen LogP contribution in [0.1, 0.15) is 36.4 Å². The summed E-state index contributed by atoms with van der Waals surface area (Å²) in [6, 6.07) is 14.7. The highest BCUT2D eigenvalue weighted by Crippen LogP contribution is 2.27. The van der Waals surface area contributed by atoms with Crippen LogP contribution < -0.4 is 5.32 Å². The Kier molecular flexibility index (Phi) is 4.63. The second-order valence-corrected chi connectivity index (χ2v) is 5.79. The molecule has 2 aromatic rings. The van der Waals surface area contributed by atoms with Crippen LogP contribution in [0.5, 0.6) is 0 Å². The van der Waals surface area contributed by atoms with Crippen molar-refractivity contribution in [1.82, 2.24) is 10.3 Å². The normalized spacial score (nSPS) is 23.1. The summed E-state index contributed by atoms with van der Waals surface area (Å²) in [5.74, 6) is 0.373. The smallest absolute Gasteiger partial charge is 0.0580 e. The molecule has 3 nitrogen and oxygen atoms in total. The molecule has 1 aromatic carbocycles. The number of rotatable bonds is 5. The number of nitrogens with zero attached hydrogens (tertiary/aromatic N) is 1. The third-order valence-electron chi connectivity index (χ3n) is 4.38. The minimum atomic E-state index is -0.147. The van der Waals surface area contributed by atoms with Gasteiger partial charge in [-0.3, -0.25) is 4.98 Å². The Morgan fingerprint density at radius 1 is 1.05 bits per heavy atom. The standard InChI is InChI=1S/C18H22N2O/c21-17-8-4-7-16(17)13-20-18(14-5-2-1-3-6-14)15-9-11-19-12-10-15/h1-3,5-6,9-12,16-18,20-21H,4,7-8,13H2. The molecule has 1 aliphatic rings. The molecule has 3 rings (SSSR count). The Morgan fingerprint density at radius 3 is 2.43 bits per heavy atom. The highest BCUT2D eigenvalue weighted by atomic mass is 16.3. The fourth-order valence-corrected chi connectivity index (χ4v) is 3.15. The maximum atomic E-state index is 9.99. The van der Waals surface area contributed by atoms with E-state index >= 15 is 0 Å². The van der Waals surface area contributed by atoms with Gasteiger partial charge in [-0.15, -0.1) is 0 Å². The maximum absolute atomic E-state index is 9.99. The Hall–Kier alpha value is -1.71. The number of aliphatic hydroxyl groups excluding tert-OH is 1. The van der Waals surface area contributed by atoms with Gasteiger partial charge in [0.05, 0.1) is 12.1 Å². The van der Waals surface area contributed by atoms with Gasteiger partial charge >= 0.3 is 0 Å². The third kappa shape index (κ3) is 3.49. The molecule has 1 heterocycles. The molecule has 21 heavy (non-hydrogen) atoms. The first-order chi connectivity index (χ1) is 10.3. The van der Waals surface area contributed by atoms with Crippen LogP contribution in [0, 0.1) is 5.92 Å². The van der Waals surface area contributed by atoms with Gasteiger partial charge in [-0.1, -0.05) is 36.8 Å². The summed E-state index contributed by atoms with van der Waals surface area (Å²) >= 11 is 0. The predicted molar refractivity (Wildman–Crippen MR) is 83.9 cm³/mol. The first-order valence-corrected chi connectivity index (χ1v) is 7.71. The summed E-state index contributed by atoms with van der Waals surface area (Å²) < 4.78 is 0.